The number of hydrogen-bond acceptors (Lipinski definition) is 5. The van der Waals surface area contributed by atoms with Gasteiger partial charge in [0.05, 0.1) is 34.1 Å². The topological polar surface area (TPSA) is 78.7 Å². The van der Waals surface area contributed by atoms with E-state index in [1.54, 1.807) is 24.3 Å². The van der Waals surface area contributed by atoms with Gasteiger partial charge >= 0.3 is 0 Å². The first-order valence-electron chi connectivity index (χ1n) is 7.32. The number of nitrogens with zero attached hydrogens (tertiary/aromatic N) is 3. The number of benzene rings is 2. The number of anilines is 1. The molecule has 2 aromatic carbocycles. The highest BCUT2D eigenvalue weighted by Crippen LogP contribution is 2.22. The number of aromatic nitrogens is 2. The third-order valence-corrected chi connectivity index (χ3v) is 4.38. The fourth-order valence-corrected chi connectivity index (χ4v) is 2.96. The zero-order chi connectivity index (χ0) is 16.9. The highest BCUT2D eigenvalue weighted by Gasteiger charge is 2.09. The molecule has 0 fully saturated rings. The Morgan fingerprint density at radius 3 is 2.67 bits per heavy atom. The third kappa shape index (κ3) is 3.70. The zero-order valence-corrected chi connectivity index (χ0v) is 13.8. The predicted molar refractivity (Wildman–Crippen MR) is 94.8 cm³/mol. The average Bonchev–Trinajstić information content (AvgIpc) is 2.60. The number of nitriles is 1. The number of aryl methyl sites for hydroxylation is 1. The van der Waals surface area contributed by atoms with E-state index in [2.05, 4.69) is 15.3 Å². The lowest BCUT2D eigenvalue weighted by atomic mass is 10.2. The Morgan fingerprint density at radius 1 is 1.17 bits per heavy atom. The molecule has 0 unspecified atom stereocenters. The van der Waals surface area contributed by atoms with Crippen LogP contribution in [-0.4, -0.2) is 21.6 Å². The van der Waals surface area contributed by atoms with E-state index in [1.807, 2.05) is 37.3 Å². The van der Waals surface area contributed by atoms with Crippen molar-refractivity contribution < 1.29 is 4.79 Å². The molecule has 5 nitrogen and oxygen atoms in total. The molecule has 0 aliphatic carbocycles. The normalized spacial score (nSPS) is 10.3. The predicted octanol–water partition coefficient (Wildman–Crippen LogP) is 3.54. The van der Waals surface area contributed by atoms with Crippen LogP contribution in [0.2, 0.25) is 0 Å². The molecule has 1 heterocycles. The van der Waals surface area contributed by atoms with Crippen LogP contribution in [0.15, 0.2) is 53.6 Å². The van der Waals surface area contributed by atoms with E-state index in [9.17, 15) is 4.79 Å². The highest BCUT2D eigenvalue weighted by molar-refractivity contribution is 8.00. The number of rotatable bonds is 4. The maximum Gasteiger partial charge on any atom is 0.234 e. The number of fused-ring (bicyclic) bond motifs is 1. The Labute approximate surface area is 143 Å². The number of amides is 1. The van der Waals surface area contributed by atoms with Crippen LogP contribution in [0.25, 0.3) is 11.0 Å². The first-order chi connectivity index (χ1) is 11.7. The molecule has 0 aliphatic heterocycles. The minimum Gasteiger partial charge on any atom is -0.325 e. The fourth-order valence-electron chi connectivity index (χ4n) is 2.21. The molecule has 0 radical (unpaired) electrons. The van der Waals surface area contributed by atoms with Crippen LogP contribution < -0.4 is 5.32 Å². The molecule has 1 amide bonds. The quantitative estimate of drug-likeness (QED) is 0.738. The van der Waals surface area contributed by atoms with Crippen molar-refractivity contribution in [2.24, 2.45) is 0 Å². The fraction of sp³-hybridized carbons (Fsp3) is 0.111. The number of hydrogen-bond donors (Lipinski definition) is 1. The van der Waals surface area contributed by atoms with Gasteiger partial charge in [-0.25, -0.2) is 9.97 Å². The minimum atomic E-state index is -0.149. The van der Waals surface area contributed by atoms with Gasteiger partial charge in [0.25, 0.3) is 0 Å². The van der Waals surface area contributed by atoms with Crippen molar-refractivity contribution in [2.45, 2.75) is 11.9 Å². The Hall–Kier alpha value is -2.91. The van der Waals surface area contributed by atoms with Crippen LogP contribution in [0.1, 0.15) is 11.3 Å². The van der Waals surface area contributed by atoms with E-state index < -0.39 is 0 Å². The van der Waals surface area contributed by atoms with Gasteiger partial charge in [-0.2, -0.15) is 5.26 Å². The number of thioether (sulfide) groups is 1. The summed E-state index contributed by atoms with van der Waals surface area (Å²) in [6.45, 7) is 1.88. The number of carbonyl (C=O) groups is 1. The van der Waals surface area contributed by atoms with E-state index in [1.165, 1.54) is 11.8 Å². The van der Waals surface area contributed by atoms with E-state index >= 15 is 0 Å². The van der Waals surface area contributed by atoms with Crippen molar-refractivity contribution in [1.29, 1.82) is 5.26 Å². The summed E-state index contributed by atoms with van der Waals surface area (Å²) in [7, 11) is 0. The Balaban J connectivity index is 1.68. The van der Waals surface area contributed by atoms with Gasteiger partial charge in [0.1, 0.15) is 5.03 Å². The lowest BCUT2D eigenvalue weighted by molar-refractivity contribution is -0.113. The second-order valence-corrected chi connectivity index (χ2v) is 6.10. The molecule has 3 aromatic rings. The van der Waals surface area contributed by atoms with E-state index in [0.29, 0.717) is 11.3 Å². The number of carbonyl (C=O) groups excluding carboxylic acids is 1. The summed E-state index contributed by atoms with van der Waals surface area (Å²) in [5.74, 6) is 0.0782. The standard InChI is InChI=1S/C18H14N4OS/c1-12-18(22-16-8-3-2-7-15(16)20-12)24-11-17(23)21-14-6-4-5-13(9-14)10-19/h2-9H,11H2,1H3,(H,21,23). The molecule has 3 rings (SSSR count). The summed E-state index contributed by atoms with van der Waals surface area (Å²) < 4.78 is 0. The van der Waals surface area contributed by atoms with Crippen molar-refractivity contribution in [3.63, 3.8) is 0 Å². The van der Waals surface area contributed by atoms with Crippen LogP contribution in [0.3, 0.4) is 0 Å². The Kier molecular flexibility index (Phi) is 4.73. The smallest absolute Gasteiger partial charge is 0.234 e. The summed E-state index contributed by atoms with van der Waals surface area (Å²) in [6, 6.07) is 16.5. The first kappa shape index (κ1) is 16.0. The van der Waals surface area contributed by atoms with Gasteiger partial charge in [-0.15, -0.1) is 0 Å². The summed E-state index contributed by atoms with van der Waals surface area (Å²) in [6.07, 6.45) is 0. The second kappa shape index (κ2) is 7.11. The maximum atomic E-state index is 12.1. The van der Waals surface area contributed by atoms with Gasteiger partial charge in [-0.1, -0.05) is 30.0 Å². The molecule has 0 bridgehead atoms. The largest absolute Gasteiger partial charge is 0.325 e. The summed E-state index contributed by atoms with van der Waals surface area (Å²) in [5.41, 5.74) is 3.58. The molecular formula is C18H14N4OS. The Bertz CT molecular complexity index is 949. The molecule has 0 saturated heterocycles. The van der Waals surface area contributed by atoms with Gasteiger partial charge < -0.3 is 5.32 Å². The molecule has 6 heteroatoms. The average molecular weight is 334 g/mol. The molecule has 118 valence electrons. The first-order valence-corrected chi connectivity index (χ1v) is 8.30. The molecule has 0 atom stereocenters. The monoisotopic (exact) mass is 334 g/mol. The van der Waals surface area contributed by atoms with Crippen molar-refractivity contribution in [3.05, 3.63) is 59.8 Å². The van der Waals surface area contributed by atoms with E-state index in [-0.39, 0.29) is 11.7 Å². The summed E-state index contributed by atoms with van der Waals surface area (Å²) >= 11 is 1.35. The SMILES string of the molecule is Cc1nc2ccccc2nc1SCC(=O)Nc1cccc(C#N)c1. The van der Waals surface area contributed by atoms with Crippen molar-refractivity contribution in [1.82, 2.24) is 9.97 Å². The van der Waals surface area contributed by atoms with E-state index in [4.69, 9.17) is 5.26 Å². The van der Waals surface area contributed by atoms with Crippen molar-refractivity contribution in [2.75, 3.05) is 11.1 Å². The lowest BCUT2D eigenvalue weighted by Gasteiger charge is -2.07. The van der Waals surface area contributed by atoms with Crippen LogP contribution >= 0.6 is 11.8 Å². The van der Waals surface area contributed by atoms with Gasteiger partial charge in [-0.05, 0) is 37.3 Å². The van der Waals surface area contributed by atoms with Crippen LogP contribution in [-0.2, 0) is 4.79 Å². The van der Waals surface area contributed by atoms with Gasteiger partial charge in [0.2, 0.25) is 5.91 Å². The molecule has 0 spiro atoms. The number of nitrogens with one attached hydrogen (secondary N) is 1. The molecule has 24 heavy (non-hydrogen) atoms. The second-order valence-electron chi connectivity index (χ2n) is 5.13. The van der Waals surface area contributed by atoms with E-state index in [0.717, 1.165) is 21.8 Å². The number of para-hydroxylation sites is 2. The molecule has 1 N–H and O–H groups in total. The van der Waals surface area contributed by atoms with Gasteiger partial charge in [0, 0.05) is 5.69 Å². The van der Waals surface area contributed by atoms with Crippen LogP contribution in [0.4, 0.5) is 5.69 Å². The van der Waals surface area contributed by atoms with Gasteiger partial charge in [-0.3, -0.25) is 4.79 Å². The third-order valence-electron chi connectivity index (χ3n) is 3.32. The van der Waals surface area contributed by atoms with Crippen molar-refractivity contribution >= 4 is 34.4 Å². The molecule has 0 aliphatic rings. The maximum absolute atomic E-state index is 12.1. The van der Waals surface area contributed by atoms with Crippen LogP contribution in [0, 0.1) is 18.3 Å². The summed E-state index contributed by atoms with van der Waals surface area (Å²) in [5, 5.41) is 12.4. The van der Waals surface area contributed by atoms with Crippen LogP contribution in [0.5, 0.6) is 0 Å². The molecule has 1 aromatic heterocycles. The zero-order valence-electron chi connectivity index (χ0n) is 13.0. The summed E-state index contributed by atoms with van der Waals surface area (Å²) in [4.78, 5) is 21.2. The lowest BCUT2D eigenvalue weighted by Crippen LogP contribution is -2.14. The Morgan fingerprint density at radius 2 is 1.92 bits per heavy atom. The van der Waals surface area contributed by atoms with Gasteiger partial charge in [0.15, 0.2) is 0 Å². The molecular weight excluding hydrogens is 320 g/mol. The molecule has 0 saturated carbocycles. The van der Waals surface area contributed by atoms with Crippen molar-refractivity contribution in [3.8, 4) is 6.07 Å². The highest BCUT2D eigenvalue weighted by atomic mass is 32.2. The minimum absolute atomic E-state index is 0.149.